The number of urea groups is 1. The molecule has 122 valence electrons. The summed E-state index contributed by atoms with van der Waals surface area (Å²) < 4.78 is 23.0. The van der Waals surface area contributed by atoms with E-state index in [1.807, 2.05) is 13.8 Å². The van der Waals surface area contributed by atoms with Crippen molar-refractivity contribution >= 4 is 21.8 Å². The summed E-state index contributed by atoms with van der Waals surface area (Å²) in [5, 5.41) is 11.7. The van der Waals surface area contributed by atoms with Gasteiger partial charge in [-0.05, 0) is 18.8 Å². The Bertz CT molecular complexity index is 475. The number of carboxylic acid groups (broad SMARTS) is 1. The van der Waals surface area contributed by atoms with E-state index in [4.69, 9.17) is 5.11 Å². The molecule has 1 saturated heterocycles. The number of carbonyl (C=O) groups excluding carboxylic acids is 1. The second-order valence-electron chi connectivity index (χ2n) is 5.84. The highest BCUT2D eigenvalue weighted by Gasteiger charge is 2.24. The minimum absolute atomic E-state index is 0.0330. The van der Waals surface area contributed by atoms with Crippen molar-refractivity contribution in [1.82, 2.24) is 10.2 Å². The molecule has 1 fully saturated rings. The Morgan fingerprint density at radius 3 is 2.48 bits per heavy atom. The van der Waals surface area contributed by atoms with Crippen molar-refractivity contribution in [2.45, 2.75) is 26.7 Å². The summed E-state index contributed by atoms with van der Waals surface area (Å²) in [6.45, 7) is 4.47. The molecule has 1 unspecified atom stereocenters. The number of amides is 2. The lowest BCUT2D eigenvalue weighted by Crippen LogP contribution is -2.44. The van der Waals surface area contributed by atoms with Gasteiger partial charge in [-0.1, -0.05) is 13.8 Å². The van der Waals surface area contributed by atoms with Crippen LogP contribution < -0.4 is 5.32 Å². The van der Waals surface area contributed by atoms with E-state index in [1.54, 1.807) is 0 Å². The number of carboxylic acids is 1. The minimum Gasteiger partial charge on any atom is -0.481 e. The Morgan fingerprint density at radius 1 is 1.24 bits per heavy atom. The van der Waals surface area contributed by atoms with Crippen LogP contribution in [-0.2, 0) is 14.6 Å². The molecule has 2 N–H and O–H groups in total. The first-order valence-corrected chi connectivity index (χ1v) is 8.99. The maximum Gasteiger partial charge on any atom is 0.317 e. The van der Waals surface area contributed by atoms with Crippen molar-refractivity contribution in [1.29, 1.82) is 0 Å². The van der Waals surface area contributed by atoms with Crippen LogP contribution in [0.4, 0.5) is 4.79 Å². The van der Waals surface area contributed by atoms with E-state index in [1.165, 1.54) is 4.90 Å². The monoisotopic (exact) mass is 320 g/mol. The summed E-state index contributed by atoms with van der Waals surface area (Å²) in [7, 11) is -3.06. The van der Waals surface area contributed by atoms with Crippen LogP contribution in [0.2, 0.25) is 0 Å². The summed E-state index contributed by atoms with van der Waals surface area (Å²) in [4.78, 5) is 24.6. The Morgan fingerprint density at radius 2 is 1.90 bits per heavy atom. The highest BCUT2D eigenvalue weighted by atomic mass is 32.2. The number of rotatable bonds is 5. The van der Waals surface area contributed by atoms with Crippen molar-refractivity contribution < 1.29 is 23.1 Å². The molecule has 21 heavy (non-hydrogen) atoms. The van der Waals surface area contributed by atoms with Crippen LogP contribution in [0.15, 0.2) is 0 Å². The molecule has 0 aromatic carbocycles. The topological polar surface area (TPSA) is 104 Å². The van der Waals surface area contributed by atoms with E-state index in [0.717, 1.165) is 0 Å². The van der Waals surface area contributed by atoms with Crippen LogP contribution in [0.1, 0.15) is 26.7 Å². The third kappa shape index (κ3) is 6.33. The van der Waals surface area contributed by atoms with Crippen LogP contribution in [0.5, 0.6) is 0 Å². The lowest BCUT2D eigenvalue weighted by Gasteiger charge is -2.22. The third-order valence-corrected chi connectivity index (χ3v) is 5.16. The maximum absolute atomic E-state index is 12.0. The van der Waals surface area contributed by atoms with Crippen LogP contribution in [-0.4, -0.2) is 61.6 Å². The average molecular weight is 320 g/mol. The molecule has 0 spiro atoms. The van der Waals surface area contributed by atoms with Crippen molar-refractivity contribution in [3.8, 4) is 0 Å². The first kappa shape index (κ1) is 17.7. The van der Waals surface area contributed by atoms with Gasteiger partial charge in [-0.3, -0.25) is 4.79 Å². The SMILES string of the molecule is CC(C)CC(CNC(=O)N1CCCS(=O)(=O)CC1)C(=O)O. The Balaban J connectivity index is 2.50. The van der Waals surface area contributed by atoms with Gasteiger partial charge in [-0.15, -0.1) is 0 Å². The van der Waals surface area contributed by atoms with Crippen LogP contribution >= 0.6 is 0 Å². The Kier molecular flexibility index (Phi) is 6.44. The van der Waals surface area contributed by atoms with E-state index in [-0.39, 0.29) is 36.5 Å². The molecule has 1 aliphatic heterocycles. The zero-order valence-corrected chi connectivity index (χ0v) is 13.4. The quantitative estimate of drug-likeness (QED) is 0.770. The van der Waals surface area contributed by atoms with Gasteiger partial charge in [-0.2, -0.15) is 0 Å². The van der Waals surface area contributed by atoms with Crippen molar-refractivity contribution in [3.63, 3.8) is 0 Å². The van der Waals surface area contributed by atoms with Gasteiger partial charge in [0, 0.05) is 19.6 Å². The Hall–Kier alpha value is -1.31. The molecule has 0 aromatic rings. The summed E-state index contributed by atoms with van der Waals surface area (Å²) in [6.07, 6.45) is 0.911. The molecule has 0 bridgehead atoms. The standard InChI is InChI=1S/C13H24N2O5S/c1-10(2)8-11(12(16)17)9-14-13(18)15-4-3-6-21(19,20)7-5-15/h10-11H,3-9H2,1-2H3,(H,14,18)(H,16,17). The largest absolute Gasteiger partial charge is 0.481 e. The summed E-state index contributed by atoms with van der Waals surface area (Å²) in [5.74, 6) is -1.25. The van der Waals surface area contributed by atoms with E-state index >= 15 is 0 Å². The first-order chi connectivity index (χ1) is 9.71. The van der Waals surface area contributed by atoms with Crippen molar-refractivity contribution in [2.24, 2.45) is 11.8 Å². The fourth-order valence-electron chi connectivity index (χ4n) is 2.30. The number of nitrogens with one attached hydrogen (secondary N) is 1. The normalized spacial score (nSPS) is 19.9. The second kappa shape index (κ2) is 7.63. The molecule has 0 aliphatic carbocycles. The van der Waals surface area contributed by atoms with E-state index in [0.29, 0.717) is 19.4 Å². The first-order valence-electron chi connectivity index (χ1n) is 7.17. The molecule has 1 rings (SSSR count). The molecular formula is C13H24N2O5S. The zero-order chi connectivity index (χ0) is 16.0. The van der Waals surface area contributed by atoms with Crippen molar-refractivity contribution in [3.05, 3.63) is 0 Å². The van der Waals surface area contributed by atoms with E-state index in [9.17, 15) is 18.0 Å². The molecule has 1 heterocycles. The molecule has 1 aliphatic rings. The fourth-order valence-corrected chi connectivity index (χ4v) is 3.58. The summed E-state index contributed by atoms with van der Waals surface area (Å²) in [5.41, 5.74) is 0. The maximum atomic E-state index is 12.0. The van der Waals surface area contributed by atoms with Gasteiger partial charge in [-0.25, -0.2) is 13.2 Å². The van der Waals surface area contributed by atoms with Crippen LogP contribution in [0, 0.1) is 11.8 Å². The fraction of sp³-hybridized carbons (Fsp3) is 0.846. The smallest absolute Gasteiger partial charge is 0.317 e. The van der Waals surface area contributed by atoms with E-state index in [2.05, 4.69) is 5.32 Å². The number of nitrogens with zero attached hydrogens (tertiary/aromatic N) is 1. The number of hydrogen-bond donors (Lipinski definition) is 2. The molecule has 0 radical (unpaired) electrons. The minimum atomic E-state index is -3.06. The highest BCUT2D eigenvalue weighted by Crippen LogP contribution is 2.11. The number of aliphatic carboxylic acids is 1. The number of sulfone groups is 1. The molecular weight excluding hydrogens is 296 g/mol. The molecule has 8 heteroatoms. The summed E-state index contributed by atoms with van der Waals surface area (Å²) >= 11 is 0. The highest BCUT2D eigenvalue weighted by molar-refractivity contribution is 7.91. The van der Waals surface area contributed by atoms with Gasteiger partial charge in [0.1, 0.15) is 0 Å². The molecule has 0 aromatic heterocycles. The molecule has 2 amide bonds. The van der Waals surface area contributed by atoms with E-state index < -0.39 is 21.7 Å². The predicted molar refractivity (Wildman–Crippen MR) is 78.8 cm³/mol. The molecule has 0 saturated carbocycles. The molecule has 1 atom stereocenters. The third-order valence-electron chi connectivity index (χ3n) is 3.45. The van der Waals surface area contributed by atoms with Gasteiger partial charge in [0.25, 0.3) is 0 Å². The van der Waals surface area contributed by atoms with Gasteiger partial charge < -0.3 is 15.3 Å². The van der Waals surface area contributed by atoms with Gasteiger partial charge >= 0.3 is 12.0 Å². The van der Waals surface area contributed by atoms with Gasteiger partial charge in [0.05, 0.1) is 17.4 Å². The van der Waals surface area contributed by atoms with Crippen molar-refractivity contribution in [2.75, 3.05) is 31.1 Å². The second-order valence-corrected chi connectivity index (χ2v) is 8.15. The number of hydrogen-bond acceptors (Lipinski definition) is 4. The lowest BCUT2D eigenvalue weighted by atomic mass is 9.97. The van der Waals surface area contributed by atoms with Gasteiger partial charge in [0.2, 0.25) is 0 Å². The zero-order valence-electron chi connectivity index (χ0n) is 12.5. The lowest BCUT2D eigenvalue weighted by molar-refractivity contribution is -0.142. The predicted octanol–water partition coefficient (Wildman–Crippen LogP) is 0.563. The average Bonchev–Trinajstić information content (AvgIpc) is 2.54. The van der Waals surface area contributed by atoms with Gasteiger partial charge in [0.15, 0.2) is 9.84 Å². The van der Waals surface area contributed by atoms with Crippen LogP contribution in [0.25, 0.3) is 0 Å². The van der Waals surface area contributed by atoms with Crippen LogP contribution in [0.3, 0.4) is 0 Å². The Labute approximate surface area is 125 Å². The number of carbonyl (C=O) groups is 2. The summed E-state index contributed by atoms with van der Waals surface area (Å²) in [6, 6.07) is -0.387. The molecule has 7 nitrogen and oxygen atoms in total.